The Labute approximate surface area is 164 Å². The van der Waals surface area contributed by atoms with E-state index in [9.17, 15) is 0 Å². The minimum atomic E-state index is 0. The lowest BCUT2D eigenvalue weighted by atomic mass is 10.1. The zero-order chi connectivity index (χ0) is 17.4. The molecule has 0 saturated heterocycles. The molecule has 0 aliphatic rings. The maximum absolute atomic E-state index is 6.04. The fraction of sp³-hybridized carbons (Fsp3) is 0.316. The van der Waals surface area contributed by atoms with Gasteiger partial charge in [-0.1, -0.05) is 65.3 Å². The zero-order valence-electron chi connectivity index (χ0n) is 14.5. The summed E-state index contributed by atoms with van der Waals surface area (Å²) in [6, 6.07) is 18.0. The van der Waals surface area contributed by atoms with Gasteiger partial charge in [0.2, 0.25) is 0 Å². The van der Waals surface area contributed by atoms with Crippen molar-refractivity contribution < 1.29 is 4.74 Å². The molecule has 2 aromatic carbocycles. The van der Waals surface area contributed by atoms with Crippen LogP contribution in [-0.4, -0.2) is 18.0 Å². The van der Waals surface area contributed by atoms with Crippen molar-refractivity contribution >= 4 is 34.2 Å². The second kappa shape index (κ2) is 11.1. The van der Waals surface area contributed by atoms with E-state index in [1.807, 2.05) is 42.5 Å². The van der Waals surface area contributed by atoms with Crippen molar-refractivity contribution in [3.63, 3.8) is 0 Å². The van der Waals surface area contributed by atoms with E-state index in [-0.39, 0.29) is 24.6 Å². The van der Waals surface area contributed by atoms with Gasteiger partial charge in [-0.05, 0) is 31.0 Å². The maximum atomic E-state index is 6.04. The minimum Gasteiger partial charge on any atom is -0.382 e. The molecule has 0 heterocycles. The van der Waals surface area contributed by atoms with Crippen molar-refractivity contribution in [1.29, 1.82) is 0 Å². The highest BCUT2D eigenvalue weighted by atomic mass is 79.9. The molecule has 0 amide bonds. The van der Waals surface area contributed by atoms with E-state index in [0.29, 0.717) is 12.4 Å². The van der Waals surface area contributed by atoms with Gasteiger partial charge < -0.3 is 15.9 Å². The van der Waals surface area contributed by atoms with Gasteiger partial charge in [0, 0.05) is 10.0 Å². The Balaban J connectivity index is 0.00000312. The molecular weight excluding hydrogens is 402 g/mol. The first-order chi connectivity index (χ1) is 11.6. The predicted molar refractivity (Wildman–Crippen MR) is 110 cm³/mol. The molecule has 2 atom stereocenters. The fourth-order valence-electron chi connectivity index (χ4n) is 2.28. The van der Waals surface area contributed by atoms with Crippen LogP contribution in [0.3, 0.4) is 0 Å². The summed E-state index contributed by atoms with van der Waals surface area (Å²) in [4.78, 5) is 0. The number of halogens is 2. The molecule has 0 bridgehead atoms. The van der Waals surface area contributed by atoms with Crippen molar-refractivity contribution in [3.05, 3.63) is 70.2 Å². The van der Waals surface area contributed by atoms with Gasteiger partial charge in [-0.3, -0.25) is 0 Å². The predicted octanol–water partition coefficient (Wildman–Crippen LogP) is 4.46. The molecule has 2 unspecified atom stereocenters. The number of nitrogens with one attached hydrogen (secondary N) is 1. The van der Waals surface area contributed by atoms with Gasteiger partial charge in [0.15, 0.2) is 5.84 Å². The lowest BCUT2D eigenvalue weighted by Crippen LogP contribution is -2.37. The van der Waals surface area contributed by atoms with Gasteiger partial charge >= 0.3 is 0 Å². The monoisotopic (exact) mass is 425 g/mol. The Bertz CT molecular complexity index is 649. The van der Waals surface area contributed by atoms with E-state index in [4.69, 9.17) is 10.5 Å². The molecule has 0 spiro atoms. The highest BCUT2D eigenvalue weighted by Crippen LogP contribution is 2.11. The molecule has 0 fully saturated rings. The number of ether oxygens (including phenoxy) is 1. The van der Waals surface area contributed by atoms with Crippen molar-refractivity contribution in [1.82, 2.24) is 5.43 Å². The smallest absolute Gasteiger partial charge is 0.150 e. The Morgan fingerprint density at radius 3 is 2.40 bits per heavy atom. The maximum Gasteiger partial charge on any atom is 0.150 e. The summed E-state index contributed by atoms with van der Waals surface area (Å²) < 4.78 is 6.97. The van der Waals surface area contributed by atoms with E-state index in [1.54, 1.807) is 0 Å². The highest BCUT2D eigenvalue weighted by molar-refractivity contribution is 9.10. The zero-order valence-corrected chi connectivity index (χ0v) is 16.9. The van der Waals surface area contributed by atoms with Crippen molar-refractivity contribution in [2.45, 2.75) is 39.0 Å². The quantitative estimate of drug-likeness (QED) is 0.372. The summed E-state index contributed by atoms with van der Waals surface area (Å²) >= 11 is 3.41. The highest BCUT2D eigenvalue weighted by Gasteiger charge is 2.15. The van der Waals surface area contributed by atoms with Crippen LogP contribution in [0.4, 0.5) is 0 Å². The minimum absolute atomic E-state index is 0. The van der Waals surface area contributed by atoms with Crippen LogP contribution in [0.1, 0.15) is 31.4 Å². The van der Waals surface area contributed by atoms with Gasteiger partial charge in [0.25, 0.3) is 0 Å². The Kier molecular flexibility index (Phi) is 9.57. The fourth-order valence-corrected chi connectivity index (χ4v) is 2.55. The first-order valence-electron chi connectivity index (χ1n) is 8.10. The molecular formula is C19H25BrClN3O. The van der Waals surface area contributed by atoms with Crippen LogP contribution in [0, 0.1) is 0 Å². The number of hydrogen-bond acceptors (Lipinski definition) is 3. The lowest BCUT2D eigenvalue weighted by Gasteiger charge is -2.23. The standard InChI is InChI=1S/C19H24BrN3O.ClH/c1-3-18(14(2)24-13-15-7-5-4-6-8-15)22-23-19(21)16-9-11-17(20)12-10-16;/h4-12,14,18,22H,3,13H2,1-2H3,(H2,21,23);1H. The summed E-state index contributed by atoms with van der Waals surface area (Å²) in [6.07, 6.45) is 0.921. The molecule has 4 nitrogen and oxygen atoms in total. The number of amidine groups is 1. The molecule has 25 heavy (non-hydrogen) atoms. The van der Waals surface area contributed by atoms with Gasteiger partial charge in [0.1, 0.15) is 0 Å². The lowest BCUT2D eigenvalue weighted by molar-refractivity contribution is 0.0263. The second-order valence-electron chi connectivity index (χ2n) is 5.65. The molecule has 0 saturated carbocycles. The number of rotatable bonds is 8. The first kappa shape index (κ1) is 21.5. The van der Waals surface area contributed by atoms with Crippen LogP contribution in [0.15, 0.2) is 64.2 Å². The Hall–Kier alpha value is -1.56. The van der Waals surface area contributed by atoms with Gasteiger partial charge in [-0.2, -0.15) is 5.10 Å². The molecule has 0 aromatic heterocycles. The van der Waals surface area contributed by atoms with E-state index in [0.717, 1.165) is 22.0 Å². The third-order valence-corrected chi connectivity index (χ3v) is 4.38. The van der Waals surface area contributed by atoms with Gasteiger partial charge in [-0.15, -0.1) is 12.4 Å². The number of benzene rings is 2. The summed E-state index contributed by atoms with van der Waals surface area (Å²) in [5, 5.41) is 4.32. The van der Waals surface area contributed by atoms with Crippen molar-refractivity contribution in [2.75, 3.05) is 0 Å². The molecule has 2 aromatic rings. The van der Waals surface area contributed by atoms with Crippen LogP contribution in [0.25, 0.3) is 0 Å². The van der Waals surface area contributed by atoms with Crippen molar-refractivity contribution in [3.8, 4) is 0 Å². The van der Waals surface area contributed by atoms with E-state index >= 15 is 0 Å². The average molecular weight is 427 g/mol. The molecule has 136 valence electrons. The van der Waals surface area contributed by atoms with Gasteiger partial charge in [-0.25, -0.2) is 0 Å². The average Bonchev–Trinajstić information content (AvgIpc) is 2.61. The number of nitrogens with two attached hydrogens (primary N) is 1. The van der Waals surface area contributed by atoms with Crippen LogP contribution >= 0.6 is 28.3 Å². The van der Waals surface area contributed by atoms with Gasteiger partial charge in [0.05, 0.1) is 18.8 Å². The molecule has 0 aliphatic carbocycles. The second-order valence-corrected chi connectivity index (χ2v) is 6.57. The molecule has 2 rings (SSSR count). The molecule has 0 radical (unpaired) electrons. The molecule has 6 heteroatoms. The number of nitrogens with zero attached hydrogens (tertiary/aromatic N) is 1. The topological polar surface area (TPSA) is 59.6 Å². The largest absolute Gasteiger partial charge is 0.382 e. The van der Waals surface area contributed by atoms with E-state index in [2.05, 4.69) is 52.4 Å². The Morgan fingerprint density at radius 2 is 1.80 bits per heavy atom. The van der Waals surface area contributed by atoms with E-state index < -0.39 is 0 Å². The summed E-state index contributed by atoms with van der Waals surface area (Å²) in [6.45, 7) is 4.74. The molecule has 0 aliphatic heterocycles. The van der Waals surface area contributed by atoms with Crippen LogP contribution < -0.4 is 11.2 Å². The van der Waals surface area contributed by atoms with Crippen LogP contribution in [0.5, 0.6) is 0 Å². The van der Waals surface area contributed by atoms with Crippen LogP contribution in [-0.2, 0) is 11.3 Å². The molecule has 3 N–H and O–H groups in total. The Morgan fingerprint density at radius 1 is 1.16 bits per heavy atom. The summed E-state index contributed by atoms with van der Waals surface area (Å²) in [7, 11) is 0. The van der Waals surface area contributed by atoms with E-state index in [1.165, 1.54) is 0 Å². The number of hydrogen-bond donors (Lipinski definition) is 2. The SMILES string of the molecule is CCC(NN=C(N)c1ccc(Br)cc1)C(C)OCc1ccccc1.Cl. The first-order valence-corrected chi connectivity index (χ1v) is 8.89. The summed E-state index contributed by atoms with van der Waals surface area (Å²) in [5.74, 6) is 0.469. The van der Waals surface area contributed by atoms with Crippen LogP contribution in [0.2, 0.25) is 0 Å². The van der Waals surface area contributed by atoms with Crippen molar-refractivity contribution in [2.24, 2.45) is 10.8 Å². The third-order valence-electron chi connectivity index (χ3n) is 3.85. The normalized spacial score (nSPS) is 13.6. The third kappa shape index (κ3) is 7.06. The summed E-state index contributed by atoms with van der Waals surface area (Å²) in [5.41, 5.74) is 11.2. The number of hydrazone groups is 1.